The van der Waals surface area contributed by atoms with Gasteiger partial charge in [-0.05, 0) is 17.7 Å². The molecule has 5 heteroatoms. The molecule has 0 fully saturated rings. The molecular formula is C18H17NO4. The van der Waals surface area contributed by atoms with Gasteiger partial charge in [-0.1, -0.05) is 42.5 Å². The molecule has 0 aromatic heterocycles. The molecule has 0 aliphatic heterocycles. The second-order valence-electron chi connectivity index (χ2n) is 5.00. The van der Waals surface area contributed by atoms with E-state index in [1.54, 1.807) is 48.5 Å². The highest BCUT2D eigenvalue weighted by Gasteiger charge is 2.10. The average Bonchev–Trinajstić information content (AvgIpc) is 2.55. The normalized spacial score (nSPS) is 9.96. The Morgan fingerprint density at radius 1 is 0.957 bits per heavy atom. The Balaban J connectivity index is 1.83. The topological polar surface area (TPSA) is 72.5 Å². The Kier molecular flexibility index (Phi) is 5.63. The number of amides is 1. The zero-order valence-corrected chi connectivity index (χ0v) is 12.7. The summed E-state index contributed by atoms with van der Waals surface area (Å²) in [4.78, 5) is 34.5. The van der Waals surface area contributed by atoms with Crippen molar-refractivity contribution in [3.8, 4) is 0 Å². The number of carbonyl (C=O) groups excluding carboxylic acids is 3. The molecule has 2 aromatic carbocycles. The SMILES string of the molecule is CC(=O)Nc1ccc(CC(=O)OCC(=O)c2ccccc2)cc1. The van der Waals surface area contributed by atoms with Crippen molar-refractivity contribution in [2.45, 2.75) is 13.3 Å². The van der Waals surface area contributed by atoms with Crippen molar-refractivity contribution in [3.63, 3.8) is 0 Å². The van der Waals surface area contributed by atoms with Crippen LogP contribution >= 0.6 is 0 Å². The van der Waals surface area contributed by atoms with Gasteiger partial charge in [-0.2, -0.15) is 0 Å². The fraction of sp³-hybridized carbons (Fsp3) is 0.167. The van der Waals surface area contributed by atoms with Gasteiger partial charge in [0.05, 0.1) is 6.42 Å². The zero-order chi connectivity index (χ0) is 16.7. The molecule has 0 spiro atoms. The Morgan fingerprint density at radius 3 is 2.22 bits per heavy atom. The molecule has 0 radical (unpaired) electrons. The van der Waals surface area contributed by atoms with E-state index >= 15 is 0 Å². The summed E-state index contributed by atoms with van der Waals surface area (Å²) in [5, 5.41) is 2.64. The molecule has 0 aliphatic rings. The van der Waals surface area contributed by atoms with Crippen molar-refractivity contribution in [1.82, 2.24) is 0 Å². The van der Waals surface area contributed by atoms with Gasteiger partial charge >= 0.3 is 5.97 Å². The molecule has 1 amide bonds. The highest BCUT2D eigenvalue weighted by atomic mass is 16.5. The van der Waals surface area contributed by atoms with Gasteiger partial charge in [0.1, 0.15) is 0 Å². The molecule has 23 heavy (non-hydrogen) atoms. The number of ether oxygens (including phenoxy) is 1. The lowest BCUT2D eigenvalue weighted by molar-refractivity contribution is -0.141. The number of nitrogens with one attached hydrogen (secondary N) is 1. The van der Waals surface area contributed by atoms with Crippen LogP contribution in [0.1, 0.15) is 22.8 Å². The molecule has 0 atom stereocenters. The zero-order valence-electron chi connectivity index (χ0n) is 12.7. The van der Waals surface area contributed by atoms with Crippen LogP contribution in [0, 0.1) is 0 Å². The van der Waals surface area contributed by atoms with Gasteiger partial charge in [0.25, 0.3) is 0 Å². The first kappa shape index (κ1) is 16.4. The van der Waals surface area contributed by atoms with Crippen molar-refractivity contribution in [2.24, 2.45) is 0 Å². The number of esters is 1. The first-order valence-corrected chi connectivity index (χ1v) is 7.15. The third-order valence-electron chi connectivity index (χ3n) is 3.08. The van der Waals surface area contributed by atoms with E-state index in [0.29, 0.717) is 11.3 Å². The van der Waals surface area contributed by atoms with Crippen LogP contribution < -0.4 is 5.32 Å². The monoisotopic (exact) mass is 311 g/mol. The fourth-order valence-corrected chi connectivity index (χ4v) is 1.98. The summed E-state index contributed by atoms with van der Waals surface area (Å²) in [6.45, 7) is 1.15. The summed E-state index contributed by atoms with van der Waals surface area (Å²) in [6.07, 6.45) is 0.0718. The largest absolute Gasteiger partial charge is 0.457 e. The van der Waals surface area contributed by atoms with Crippen molar-refractivity contribution < 1.29 is 19.1 Å². The third kappa shape index (κ3) is 5.39. The maximum atomic E-state index is 11.8. The van der Waals surface area contributed by atoms with Crippen LogP contribution in [0.25, 0.3) is 0 Å². The minimum Gasteiger partial charge on any atom is -0.457 e. The number of benzene rings is 2. The van der Waals surface area contributed by atoms with Gasteiger partial charge in [-0.3, -0.25) is 14.4 Å². The predicted molar refractivity (Wildman–Crippen MR) is 86.2 cm³/mol. The Bertz CT molecular complexity index is 693. The summed E-state index contributed by atoms with van der Waals surface area (Å²) in [5.41, 5.74) is 1.92. The van der Waals surface area contributed by atoms with E-state index in [-0.39, 0.29) is 24.7 Å². The maximum Gasteiger partial charge on any atom is 0.310 e. The molecule has 0 bridgehead atoms. The molecule has 5 nitrogen and oxygen atoms in total. The average molecular weight is 311 g/mol. The number of rotatable bonds is 6. The van der Waals surface area contributed by atoms with Gasteiger partial charge in [-0.25, -0.2) is 0 Å². The number of ketones is 1. The smallest absolute Gasteiger partial charge is 0.310 e. The molecule has 0 saturated carbocycles. The number of hydrogen-bond donors (Lipinski definition) is 1. The van der Waals surface area contributed by atoms with Gasteiger partial charge < -0.3 is 10.1 Å². The maximum absolute atomic E-state index is 11.8. The van der Waals surface area contributed by atoms with Crippen molar-refractivity contribution in [2.75, 3.05) is 11.9 Å². The van der Waals surface area contributed by atoms with Gasteiger partial charge in [0, 0.05) is 18.2 Å². The summed E-state index contributed by atoms with van der Waals surface area (Å²) < 4.78 is 5.00. The summed E-state index contributed by atoms with van der Waals surface area (Å²) in [7, 11) is 0. The van der Waals surface area contributed by atoms with Crippen molar-refractivity contribution in [1.29, 1.82) is 0 Å². The first-order chi connectivity index (χ1) is 11.0. The van der Waals surface area contributed by atoms with E-state index in [9.17, 15) is 14.4 Å². The fourth-order valence-electron chi connectivity index (χ4n) is 1.98. The quantitative estimate of drug-likeness (QED) is 0.657. The lowest BCUT2D eigenvalue weighted by Crippen LogP contribution is -2.15. The lowest BCUT2D eigenvalue weighted by Gasteiger charge is -2.06. The lowest BCUT2D eigenvalue weighted by atomic mass is 10.1. The molecular weight excluding hydrogens is 294 g/mol. The molecule has 1 N–H and O–H groups in total. The molecule has 2 aromatic rings. The molecule has 0 heterocycles. The molecule has 0 unspecified atom stereocenters. The first-order valence-electron chi connectivity index (χ1n) is 7.15. The van der Waals surface area contributed by atoms with E-state index in [1.165, 1.54) is 6.92 Å². The Morgan fingerprint density at radius 2 is 1.61 bits per heavy atom. The summed E-state index contributed by atoms with van der Waals surface area (Å²) in [5.74, 6) is -0.863. The van der Waals surface area contributed by atoms with E-state index in [1.807, 2.05) is 6.07 Å². The molecule has 118 valence electrons. The summed E-state index contributed by atoms with van der Waals surface area (Å²) in [6, 6.07) is 15.5. The number of Topliss-reactive ketones (excluding diaryl/α,β-unsaturated/α-hetero) is 1. The predicted octanol–water partition coefficient (Wildman–Crippen LogP) is 2.61. The number of carbonyl (C=O) groups is 3. The van der Waals surface area contributed by atoms with Crippen LogP contribution in [0.15, 0.2) is 54.6 Å². The van der Waals surface area contributed by atoms with Crippen LogP contribution in [0.3, 0.4) is 0 Å². The minimum atomic E-state index is -0.471. The Hall–Kier alpha value is -2.95. The van der Waals surface area contributed by atoms with Crippen LogP contribution in [-0.4, -0.2) is 24.3 Å². The van der Waals surface area contributed by atoms with Crippen LogP contribution in [0.5, 0.6) is 0 Å². The third-order valence-corrected chi connectivity index (χ3v) is 3.08. The highest BCUT2D eigenvalue weighted by Crippen LogP contribution is 2.10. The van der Waals surface area contributed by atoms with Crippen molar-refractivity contribution >= 4 is 23.3 Å². The van der Waals surface area contributed by atoms with Crippen LogP contribution in [-0.2, 0) is 20.7 Å². The van der Waals surface area contributed by atoms with E-state index in [4.69, 9.17) is 4.74 Å². The number of hydrogen-bond acceptors (Lipinski definition) is 4. The molecule has 0 saturated heterocycles. The van der Waals surface area contributed by atoms with Gasteiger partial charge in [-0.15, -0.1) is 0 Å². The molecule has 2 rings (SSSR count). The van der Waals surface area contributed by atoms with Gasteiger partial charge in [0.15, 0.2) is 12.4 Å². The van der Waals surface area contributed by atoms with Crippen LogP contribution in [0.4, 0.5) is 5.69 Å². The van der Waals surface area contributed by atoms with Gasteiger partial charge in [0.2, 0.25) is 5.91 Å². The van der Waals surface area contributed by atoms with Crippen LogP contribution in [0.2, 0.25) is 0 Å². The standard InChI is InChI=1S/C18H17NO4/c1-13(20)19-16-9-7-14(8-10-16)11-18(22)23-12-17(21)15-5-3-2-4-6-15/h2-10H,11-12H2,1H3,(H,19,20). The number of anilines is 1. The highest BCUT2D eigenvalue weighted by molar-refractivity contribution is 5.97. The van der Waals surface area contributed by atoms with E-state index in [0.717, 1.165) is 5.56 Å². The minimum absolute atomic E-state index is 0.0718. The van der Waals surface area contributed by atoms with Crippen molar-refractivity contribution in [3.05, 3.63) is 65.7 Å². The van der Waals surface area contributed by atoms with E-state index in [2.05, 4.69) is 5.32 Å². The second kappa shape index (κ2) is 7.89. The Labute approximate surface area is 134 Å². The second-order valence-corrected chi connectivity index (χ2v) is 5.00. The molecule has 0 aliphatic carbocycles. The summed E-state index contributed by atoms with van der Waals surface area (Å²) >= 11 is 0. The van der Waals surface area contributed by atoms with E-state index < -0.39 is 5.97 Å².